The van der Waals surface area contributed by atoms with Crippen LogP contribution in [-0.4, -0.2) is 25.0 Å². The standard InChI is InChI=1S/C13H16N2O3/c1-2-3-7-14-13(17)9-5-4-6-10-12(9)15-11(16)8-18-10/h4-6H,2-3,7-8H2,1H3,(H,14,17)(H,15,16). The number of carbonyl (C=O) groups is 2. The SMILES string of the molecule is CCCCNC(=O)c1cccc2c1NC(=O)CO2. The van der Waals surface area contributed by atoms with Gasteiger partial charge >= 0.3 is 0 Å². The topological polar surface area (TPSA) is 67.4 Å². The molecule has 2 amide bonds. The molecule has 5 nitrogen and oxygen atoms in total. The molecule has 0 spiro atoms. The Morgan fingerprint density at radius 3 is 3.11 bits per heavy atom. The largest absolute Gasteiger partial charge is 0.482 e. The maximum Gasteiger partial charge on any atom is 0.262 e. The molecule has 0 aliphatic carbocycles. The van der Waals surface area contributed by atoms with E-state index in [0.717, 1.165) is 12.8 Å². The maximum atomic E-state index is 12.0. The van der Waals surface area contributed by atoms with Gasteiger partial charge in [-0.1, -0.05) is 19.4 Å². The number of nitrogens with one attached hydrogen (secondary N) is 2. The summed E-state index contributed by atoms with van der Waals surface area (Å²) in [5.74, 6) is 0.111. The van der Waals surface area contributed by atoms with Gasteiger partial charge in [0.15, 0.2) is 6.61 Å². The maximum absolute atomic E-state index is 12.0. The molecule has 0 aromatic heterocycles. The quantitative estimate of drug-likeness (QED) is 0.794. The summed E-state index contributed by atoms with van der Waals surface area (Å²) in [6.45, 7) is 2.69. The van der Waals surface area contributed by atoms with Crippen LogP contribution in [0.2, 0.25) is 0 Å². The number of para-hydroxylation sites is 1. The number of carbonyl (C=O) groups excluding carboxylic acids is 2. The Balaban J connectivity index is 2.17. The Bertz CT molecular complexity index is 471. The fourth-order valence-corrected chi connectivity index (χ4v) is 1.76. The summed E-state index contributed by atoms with van der Waals surface area (Å²) in [5.41, 5.74) is 0.902. The summed E-state index contributed by atoms with van der Waals surface area (Å²) >= 11 is 0. The van der Waals surface area contributed by atoms with E-state index in [0.29, 0.717) is 23.5 Å². The fourth-order valence-electron chi connectivity index (χ4n) is 1.76. The van der Waals surface area contributed by atoms with Crippen LogP contribution in [0.25, 0.3) is 0 Å². The van der Waals surface area contributed by atoms with E-state index in [2.05, 4.69) is 17.6 Å². The molecule has 1 aromatic carbocycles. The fraction of sp³-hybridized carbons (Fsp3) is 0.385. The van der Waals surface area contributed by atoms with Gasteiger partial charge in [-0.05, 0) is 18.6 Å². The summed E-state index contributed by atoms with van der Waals surface area (Å²) in [5, 5.41) is 5.49. The number of anilines is 1. The summed E-state index contributed by atoms with van der Waals surface area (Å²) < 4.78 is 5.26. The van der Waals surface area contributed by atoms with Gasteiger partial charge in [-0.2, -0.15) is 0 Å². The van der Waals surface area contributed by atoms with E-state index in [4.69, 9.17) is 4.74 Å². The van der Waals surface area contributed by atoms with Crippen molar-refractivity contribution in [1.82, 2.24) is 5.32 Å². The van der Waals surface area contributed by atoms with Crippen LogP contribution in [0.4, 0.5) is 5.69 Å². The van der Waals surface area contributed by atoms with Crippen molar-refractivity contribution in [3.8, 4) is 5.75 Å². The summed E-state index contributed by atoms with van der Waals surface area (Å²) in [7, 11) is 0. The highest BCUT2D eigenvalue weighted by atomic mass is 16.5. The van der Waals surface area contributed by atoms with Crippen molar-refractivity contribution in [1.29, 1.82) is 0 Å². The van der Waals surface area contributed by atoms with E-state index in [1.165, 1.54) is 0 Å². The third-order valence-corrected chi connectivity index (χ3v) is 2.71. The minimum absolute atomic E-state index is 0.00604. The first-order valence-corrected chi connectivity index (χ1v) is 6.06. The first kappa shape index (κ1) is 12.4. The molecule has 1 aliphatic rings. The van der Waals surface area contributed by atoms with E-state index in [-0.39, 0.29) is 18.4 Å². The molecule has 0 saturated heterocycles. The molecule has 18 heavy (non-hydrogen) atoms. The van der Waals surface area contributed by atoms with Crippen molar-refractivity contribution in [3.63, 3.8) is 0 Å². The zero-order chi connectivity index (χ0) is 13.0. The van der Waals surface area contributed by atoms with Crippen LogP contribution >= 0.6 is 0 Å². The van der Waals surface area contributed by atoms with Crippen molar-refractivity contribution < 1.29 is 14.3 Å². The number of unbranched alkanes of at least 4 members (excludes halogenated alkanes) is 1. The van der Waals surface area contributed by atoms with Crippen LogP contribution in [0, 0.1) is 0 Å². The lowest BCUT2D eigenvalue weighted by atomic mass is 10.1. The van der Waals surface area contributed by atoms with Crippen LogP contribution in [0.5, 0.6) is 5.75 Å². The molecule has 5 heteroatoms. The minimum Gasteiger partial charge on any atom is -0.482 e. The first-order valence-electron chi connectivity index (χ1n) is 6.06. The highest BCUT2D eigenvalue weighted by Crippen LogP contribution is 2.30. The summed E-state index contributed by atoms with van der Waals surface area (Å²) in [4.78, 5) is 23.3. The van der Waals surface area contributed by atoms with Gasteiger partial charge in [-0.15, -0.1) is 0 Å². The third-order valence-electron chi connectivity index (χ3n) is 2.71. The molecule has 0 radical (unpaired) electrons. The van der Waals surface area contributed by atoms with Gasteiger partial charge in [-0.25, -0.2) is 0 Å². The Kier molecular flexibility index (Phi) is 3.82. The minimum atomic E-state index is -0.240. The second kappa shape index (κ2) is 5.53. The second-order valence-corrected chi connectivity index (χ2v) is 4.13. The zero-order valence-electron chi connectivity index (χ0n) is 10.3. The second-order valence-electron chi connectivity index (χ2n) is 4.13. The van der Waals surface area contributed by atoms with Gasteiger partial charge in [-0.3, -0.25) is 9.59 Å². The Labute approximate surface area is 106 Å². The molecular weight excluding hydrogens is 232 g/mol. The van der Waals surface area contributed by atoms with Gasteiger partial charge in [0.1, 0.15) is 5.75 Å². The smallest absolute Gasteiger partial charge is 0.262 e. The molecule has 1 aliphatic heterocycles. The van der Waals surface area contributed by atoms with Crippen molar-refractivity contribution in [2.75, 3.05) is 18.5 Å². The normalized spacial score (nSPS) is 13.3. The monoisotopic (exact) mass is 248 g/mol. The summed E-state index contributed by atoms with van der Waals surface area (Å²) in [6.07, 6.45) is 1.96. The lowest BCUT2D eigenvalue weighted by molar-refractivity contribution is -0.118. The lowest BCUT2D eigenvalue weighted by Gasteiger charge is -2.20. The van der Waals surface area contributed by atoms with Gasteiger partial charge in [0, 0.05) is 6.54 Å². The Morgan fingerprint density at radius 1 is 1.50 bits per heavy atom. The molecule has 2 N–H and O–H groups in total. The van der Waals surface area contributed by atoms with E-state index in [9.17, 15) is 9.59 Å². The Morgan fingerprint density at radius 2 is 2.33 bits per heavy atom. The molecule has 0 atom stereocenters. The zero-order valence-corrected chi connectivity index (χ0v) is 10.3. The Hall–Kier alpha value is -2.04. The van der Waals surface area contributed by atoms with Gasteiger partial charge in [0.05, 0.1) is 11.3 Å². The number of hydrogen-bond donors (Lipinski definition) is 2. The van der Waals surface area contributed by atoms with Crippen LogP contribution in [-0.2, 0) is 4.79 Å². The van der Waals surface area contributed by atoms with Gasteiger partial charge < -0.3 is 15.4 Å². The highest BCUT2D eigenvalue weighted by molar-refractivity contribution is 6.06. The van der Waals surface area contributed by atoms with Gasteiger partial charge in [0.2, 0.25) is 0 Å². The summed E-state index contributed by atoms with van der Waals surface area (Å²) in [6, 6.07) is 5.15. The average molecular weight is 248 g/mol. The van der Waals surface area contributed by atoms with E-state index < -0.39 is 0 Å². The van der Waals surface area contributed by atoms with Crippen LogP contribution in [0.15, 0.2) is 18.2 Å². The molecule has 0 unspecified atom stereocenters. The third kappa shape index (κ3) is 2.61. The molecule has 96 valence electrons. The molecular formula is C13H16N2O3. The molecule has 1 aromatic rings. The number of amides is 2. The van der Waals surface area contributed by atoms with E-state index in [1.54, 1.807) is 18.2 Å². The van der Waals surface area contributed by atoms with E-state index >= 15 is 0 Å². The highest BCUT2D eigenvalue weighted by Gasteiger charge is 2.21. The molecule has 0 fully saturated rings. The van der Waals surface area contributed by atoms with Crippen LogP contribution in [0.1, 0.15) is 30.1 Å². The van der Waals surface area contributed by atoms with Gasteiger partial charge in [0.25, 0.3) is 11.8 Å². The first-order chi connectivity index (χ1) is 8.72. The van der Waals surface area contributed by atoms with Crippen molar-refractivity contribution >= 4 is 17.5 Å². The number of benzene rings is 1. The molecule has 1 heterocycles. The number of rotatable bonds is 4. The molecule has 0 bridgehead atoms. The van der Waals surface area contributed by atoms with E-state index in [1.807, 2.05) is 0 Å². The number of ether oxygens (including phenoxy) is 1. The van der Waals surface area contributed by atoms with Crippen LogP contribution < -0.4 is 15.4 Å². The lowest BCUT2D eigenvalue weighted by Crippen LogP contribution is -2.30. The predicted molar refractivity (Wildman–Crippen MR) is 67.8 cm³/mol. The van der Waals surface area contributed by atoms with Crippen molar-refractivity contribution in [2.45, 2.75) is 19.8 Å². The molecule has 2 rings (SSSR count). The average Bonchev–Trinajstić information content (AvgIpc) is 2.38. The number of hydrogen-bond acceptors (Lipinski definition) is 3. The predicted octanol–water partition coefficient (Wildman–Crippen LogP) is 1.55. The molecule has 0 saturated carbocycles. The van der Waals surface area contributed by atoms with Crippen molar-refractivity contribution in [2.24, 2.45) is 0 Å². The number of fused-ring (bicyclic) bond motifs is 1. The van der Waals surface area contributed by atoms with Crippen molar-refractivity contribution in [3.05, 3.63) is 23.8 Å². The van der Waals surface area contributed by atoms with Crippen LogP contribution in [0.3, 0.4) is 0 Å².